The van der Waals surface area contributed by atoms with E-state index in [1.165, 1.54) is 10.8 Å². The second kappa shape index (κ2) is 7.21. The zero-order valence-corrected chi connectivity index (χ0v) is 15.7. The molecule has 0 spiro atoms. The highest BCUT2D eigenvalue weighted by molar-refractivity contribution is 5.92. The average Bonchev–Trinajstić information content (AvgIpc) is 2.78. The Kier molecular flexibility index (Phi) is 4.26. The highest BCUT2D eigenvalue weighted by atomic mass is 16.1. The molecule has 0 saturated heterocycles. The first-order chi connectivity index (χ1) is 14.3. The predicted octanol–water partition coefficient (Wildman–Crippen LogP) is 5.71. The topological polar surface area (TPSA) is 34.9 Å². The van der Waals surface area contributed by atoms with Crippen LogP contribution in [0.4, 0.5) is 0 Å². The third kappa shape index (κ3) is 3.13. The van der Waals surface area contributed by atoms with Crippen LogP contribution in [0.3, 0.4) is 0 Å². The number of hydrogen-bond donors (Lipinski definition) is 0. The normalized spacial score (nSPS) is 11.4. The number of aromatic nitrogens is 2. The SMILES string of the molecule is O=c1c2ccccc2nc(/C=C/c2cccc3ccccc23)n1-c1ccccc1. The zero-order valence-electron chi connectivity index (χ0n) is 15.7. The van der Waals surface area contributed by atoms with Crippen LogP contribution in [0.15, 0.2) is 102 Å². The van der Waals surface area contributed by atoms with Gasteiger partial charge < -0.3 is 0 Å². The zero-order chi connectivity index (χ0) is 19.6. The fraction of sp³-hybridized carbons (Fsp3) is 0. The summed E-state index contributed by atoms with van der Waals surface area (Å²) in [5.74, 6) is 0.604. The maximum absolute atomic E-state index is 13.3. The molecule has 0 aliphatic rings. The third-order valence-electron chi connectivity index (χ3n) is 5.05. The molecule has 0 N–H and O–H groups in total. The van der Waals surface area contributed by atoms with Crippen LogP contribution >= 0.6 is 0 Å². The van der Waals surface area contributed by atoms with E-state index in [1.54, 1.807) is 4.57 Å². The summed E-state index contributed by atoms with van der Waals surface area (Å²) in [6, 6.07) is 31.6. The smallest absolute Gasteiger partial charge is 0.266 e. The van der Waals surface area contributed by atoms with Crippen molar-refractivity contribution in [3.63, 3.8) is 0 Å². The number of para-hydroxylation sites is 2. The molecule has 0 bridgehead atoms. The van der Waals surface area contributed by atoms with E-state index in [0.717, 1.165) is 11.3 Å². The van der Waals surface area contributed by atoms with Crippen LogP contribution in [-0.4, -0.2) is 9.55 Å². The summed E-state index contributed by atoms with van der Waals surface area (Å²) in [5, 5.41) is 2.96. The Morgan fingerprint density at radius 3 is 2.21 bits per heavy atom. The van der Waals surface area contributed by atoms with Gasteiger partial charge in [0.15, 0.2) is 0 Å². The van der Waals surface area contributed by atoms with Gasteiger partial charge in [0.1, 0.15) is 5.82 Å². The van der Waals surface area contributed by atoms with Crippen LogP contribution in [0, 0.1) is 0 Å². The van der Waals surface area contributed by atoms with Crippen LogP contribution in [0.1, 0.15) is 11.4 Å². The first kappa shape index (κ1) is 17.1. The van der Waals surface area contributed by atoms with E-state index in [0.29, 0.717) is 16.7 Å². The van der Waals surface area contributed by atoms with E-state index in [1.807, 2.05) is 84.9 Å². The van der Waals surface area contributed by atoms with E-state index >= 15 is 0 Å². The van der Waals surface area contributed by atoms with E-state index in [9.17, 15) is 4.79 Å². The molecule has 3 nitrogen and oxygen atoms in total. The van der Waals surface area contributed by atoms with Crippen molar-refractivity contribution < 1.29 is 0 Å². The molecule has 0 aliphatic heterocycles. The lowest BCUT2D eigenvalue weighted by Crippen LogP contribution is -2.22. The summed E-state index contributed by atoms with van der Waals surface area (Å²) in [6.45, 7) is 0. The Morgan fingerprint density at radius 2 is 1.34 bits per heavy atom. The summed E-state index contributed by atoms with van der Waals surface area (Å²) in [5.41, 5.74) is 2.51. The van der Waals surface area contributed by atoms with Crippen molar-refractivity contribution in [1.82, 2.24) is 9.55 Å². The molecule has 1 heterocycles. The minimum absolute atomic E-state index is 0.0700. The minimum Gasteiger partial charge on any atom is -0.268 e. The molecule has 0 radical (unpaired) electrons. The van der Waals surface area contributed by atoms with Crippen LogP contribution in [0.5, 0.6) is 0 Å². The highest BCUT2D eigenvalue weighted by Gasteiger charge is 2.10. The molecule has 138 valence electrons. The van der Waals surface area contributed by atoms with Gasteiger partial charge in [0.2, 0.25) is 0 Å². The number of rotatable bonds is 3. The third-order valence-corrected chi connectivity index (χ3v) is 5.05. The monoisotopic (exact) mass is 374 g/mol. The molecule has 5 rings (SSSR count). The largest absolute Gasteiger partial charge is 0.268 e. The second-order valence-electron chi connectivity index (χ2n) is 6.86. The van der Waals surface area contributed by atoms with Gasteiger partial charge in [0.25, 0.3) is 5.56 Å². The fourth-order valence-electron chi connectivity index (χ4n) is 3.65. The Labute approximate surface area is 168 Å². The van der Waals surface area contributed by atoms with Crippen molar-refractivity contribution in [3.05, 3.63) is 119 Å². The summed E-state index contributed by atoms with van der Waals surface area (Å²) in [4.78, 5) is 18.0. The van der Waals surface area contributed by atoms with Gasteiger partial charge in [-0.3, -0.25) is 9.36 Å². The van der Waals surface area contributed by atoms with Gasteiger partial charge in [-0.05, 0) is 46.7 Å². The predicted molar refractivity (Wildman–Crippen MR) is 120 cm³/mol. The Morgan fingerprint density at radius 1 is 0.655 bits per heavy atom. The molecular formula is C26H18N2O. The Balaban J connectivity index is 1.74. The summed E-state index contributed by atoms with van der Waals surface area (Å²) in [7, 11) is 0. The number of hydrogen-bond acceptors (Lipinski definition) is 2. The molecule has 5 aromatic rings. The number of benzene rings is 4. The van der Waals surface area contributed by atoms with E-state index in [-0.39, 0.29) is 5.56 Å². The van der Waals surface area contributed by atoms with Crippen molar-refractivity contribution >= 4 is 33.8 Å². The standard InChI is InChI=1S/C26H18N2O/c29-26-23-15-6-7-16-24(23)27-25(28(26)21-12-2-1-3-13-21)18-17-20-11-8-10-19-9-4-5-14-22(19)20/h1-18H/b18-17+. The first-order valence-electron chi connectivity index (χ1n) is 9.54. The second-order valence-corrected chi connectivity index (χ2v) is 6.86. The number of nitrogens with zero attached hydrogens (tertiary/aromatic N) is 2. The maximum Gasteiger partial charge on any atom is 0.266 e. The molecule has 0 unspecified atom stereocenters. The Bertz CT molecular complexity index is 1410. The summed E-state index contributed by atoms with van der Waals surface area (Å²) in [6.07, 6.45) is 3.95. The first-order valence-corrected chi connectivity index (χ1v) is 9.54. The molecule has 0 saturated carbocycles. The van der Waals surface area contributed by atoms with Crippen molar-refractivity contribution in [2.45, 2.75) is 0 Å². The van der Waals surface area contributed by atoms with Gasteiger partial charge in [0.05, 0.1) is 16.6 Å². The van der Waals surface area contributed by atoms with E-state index in [2.05, 4.69) is 24.3 Å². The van der Waals surface area contributed by atoms with Gasteiger partial charge in [-0.15, -0.1) is 0 Å². The minimum atomic E-state index is -0.0700. The van der Waals surface area contributed by atoms with Crippen molar-refractivity contribution in [2.75, 3.05) is 0 Å². The average molecular weight is 374 g/mol. The van der Waals surface area contributed by atoms with E-state index in [4.69, 9.17) is 4.98 Å². The van der Waals surface area contributed by atoms with Gasteiger partial charge in [-0.2, -0.15) is 0 Å². The van der Waals surface area contributed by atoms with Gasteiger partial charge in [-0.1, -0.05) is 78.9 Å². The summed E-state index contributed by atoms with van der Waals surface area (Å²) >= 11 is 0. The van der Waals surface area contributed by atoms with Gasteiger partial charge >= 0.3 is 0 Å². The lowest BCUT2D eigenvalue weighted by Gasteiger charge is -2.11. The molecule has 0 amide bonds. The lowest BCUT2D eigenvalue weighted by atomic mass is 10.0. The van der Waals surface area contributed by atoms with Gasteiger partial charge in [-0.25, -0.2) is 4.98 Å². The molecule has 1 aromatic heterocycles. The van der Waals surface area contributed by atoms with Crippen molar-refractivity contribution in [2.24, 2.45) is 0 Å². The van der Waals surface area contributed by atoms with Crippen LogP contribution in [0.25, 0.3) is 39.5 Å². The fourth-order valence-corrected chi connectivity index (χ4v) is 3.65. The molecule has 0 aliphatic carbocycles. The molecule has 4 aromatic carbocycles. The quantitative estimate of drug-likeness (QED) is 0.405. The van der Waals surface area contributed by atoms with E-state index < -0.39 is 0 Å². The van der Waals surface area contributed by atoms with Crippen LogP contribution in [0.2, 0.25) is 0 Å². The molecule has 0 atom stereocenters. The van der Waals surface area contributed by atoms with Crippen LogP contribution in [-0.2, 0) is 0 Å². The van der Waals surface area contributed by atoms with Crippen LogP contribution < -0.4 is 5.56 Å². The summed E-state index contributed by atoms with van der Waals surface area (Å²) < 4.78 is 1.67. The molecule has 29 heavy (non-hydrogen) atoms. The van der Waals surface area contributed by atoms with Crippen molar-refractivity contribution in [1.29, 1.82) is 0 Å². The molecule has 3 heteroatoms. The lowest BCUT2D eigenvalue weighted by molar-refractivity contribution is 0.944. The van der Waals surface area contributed by atoms with Crippen molar-refractivity contribution in [3.8, 4) is 5.69 Å². The Hall–Kier alpha value is -3.98. The molecule has 0 fully saturated rings. The molecular weight excluding hydrogens is 356 g/mol. The maximum atomic E-state index is 13.3. The number of fused-ring (bicyclic) bond motifs is 2. The van der Waals surface area contributed by atoms with Gasteiger partial charge in [0, 0.05) is 0 Å². The highest BCUT2D eigenvalue weighted by Crippen LogP contribution is 2.21.